The molecule has 1 saturated heterocycles. The summed E-state index contributed by atoms with van der Waals surface area (Å²) in [5.74, 6) is -0.00388. The molecule has 1 aromatic carbocycles. The topological polar surface area (TPSA) is 91.8 Å². The summed E-state index contributed by atoms with van der Waals surface area (Å²) >= 11 is 0. The van der Waals surface area contributed by atoms with Crippen LogP contribution in [0.4, 0.5) is 10.1 Å². The Hall–Kier alpha value is -2.29. The van der Waals surface area contributed by atoms with Crippen LogP contribution in [0.3, 0.4) is 0 Å². The number of nitrogens with one attached hydrogen (secondary N) is 1. The van der Waals surface area contributed by atoms with Gasteiger partial charge in [-0.3, -0.25) is 9.59 Å². The average molecular weight is 447 g/mol. The third kappa shape index (κ3) is 6.62. The van der Waals surface area contributed by atoms with Crippen molar-refractivity contribution in [1.29, 1.82) is 0 Å². The first kappa shape index (κ1) is 24.7. The minimum atomic E-state index is -0.285. The number of rotatable bonds is 6. The standard InChI is InChI=1S/C19H23FN4O3.2ClH/c20-15-1-3-16(4-2-15)23-7-9-24(10-8-23)18(25)5-6-22-19(26)14-11-17(12-21)27-13-14;;/h1-4,11,13H,5-10,12,21H2,(H,22,26);2*1H. The first-order valence-electron chi connectivity index (χ1n) is 8.91. The number of hydrogen-bond donors (Lipinski definition) is 2. The molecular formula is C19H25Cl2FN4O3. The molecular weight excluding hydrogens is 422 g/mol. The van der Waals surface area contributed by atoms with E-state index in [4.69, 9.17) is 10.2 Å². The lowest BCUT2D eigenvalue weighted by molar-refractivity contribution is -0.131. The van der Waals surface area contributed by atoms with Gasteiger partial charge < -0.3 is 25.3 Å². The van der Waals surface area contributed by atoms with E-state index in [1.807, 2.05) is 0 Å². The Morgan fingerprint density at radius 2 is 1.76 bits per heavy atom. The molecule has 1 aliphatic rings. The fourth-order valence-electron chi connectivity index (χ4n) is 3.02. The van der Waals surface area contributed by atoms with Gasteiger partial charge in [-0.15, -0.1) is 24.8 Å². The van der Waals surface area contributed by atoms with Gasteiger partial charge in [-0.05, 0) is 30.3 Å². The van der Waals surface area contributed by atoms with Gasteiger partial charge in [-0.2, -0.15) is 0 Å². The molecule has 3 rings (SSSR count). The Kier molecular flexibility index (Phi) is 9.94. The first-order valence-corrected chi connectivity index (χ1v) is 8.91. The number of halogens is 3. The number of amides is 2. The highest BCUT2D eigenvalue weighted by Crippen LogP contribution is 2.17. The largest absolute Gasteiger partial charge is 0.467 e. The molecule has 0 saturated carbocycles. The summed E-state index contributed by atoms with van der Waals surface area (Å²) < 4.78 is 18.1. The summed E-state index contributed by atoms with van der Waals surface area (Å²) in [6, 6.07) is 7.95. The number of nitrogens with two attached hydrogens (primary N) is 1. The van der Waals surface area contributed by atoms with Crippen LogP contribution >= 0.6 is 24.8 Å². The highest BCUT2D eigenvalue weighted by Gasteiger charge is 2.21. The smallest absolute Gasteiger partial charge is 0.254 e. The first-order chi connectivity index (χ1) is 13.1. The maximum atomic E-state index is 13.0. The molecule has 1 fully saturated rings. The lowest BCUT2D eigenvalue weighted by Gasteiger charge is -2.36. The van der Waals surface area contributed by atoms with Crippen molar-refractivity contribution in [3.63, 3.8) is 0 Å². The van der Waals surface area contributed by atoms with Gasteiger partial charge in [0, 0.05) is 44.8 Å². The Bertz CT molecular complexity index is 793. The molecule has 0 radical (unpaired) electrons. The number of nitrogens with zero attached hydrogens (tertiary/aromatic N) is 2. The van der Waals surface area contributed by atoms with Crippen molar-refractivity contribution < 1.29 is 18.4 Å². The number of piperazine rings is 1. The molecule has 0 bridgehead atoms. The molecule has 29 heavy (non-hydrogen) atoms. The highest BCUT2D eigenvalue weighted by molar-refractivity contribution is 5.94. The van der Waals surface area contributed by atoms with Crippen molar-refractivity contribution in [2.45, 2.75) is 13.0 Å². The van der Waals surface area contributed by atoms with E-state index >= 15 is 0 Å². The number of furan rings is 1. The van der Waals surface area contributed by atoms with Crippen LogP contribution in [-0.2, 0) is 11.3 Å². The van der Waals surface area contributed by atoms with Crippen LogP contribution in [0.1, 0.15) is 22.5 Å². The summed E-state index contributed by atoms with van der Waals surface area (Å²) in [5, 5.41) is 2.71. The predicted molar refractivity (Wildman–Crippen MR) is 113 cm³/mol. The molecule has 2 amide bonds. The van der Waals surface area contributed by atoms with Crippen molar-refractivity contribution in [2.75, 3.05) is 37.6 Å². The lowest BCUT2D eigenvalue weighted by atomic mass is 10.2. The number of carbonyl (C=O) groups is 2. The van der Waals surface area contributed by atoms with Crippen LogP contribution in [-0.4, -0.2) is 49.4 Å². The molecule has 0 atom stereocenters. The van der Waals surface area contributed by atoms with Crippen molar-refractivity contribution in [3.05, 3.63) is 53.7 Å². The van der Waals surface area contributed by atoms with Crippen LogP contribution in [0.2, 0.25) is 0 Å². The normalized spacial score (nSPS) is 13.3. The molecule has 0 spiro atoms. The number of hydrogen-bond acceptors (Lipinski definition) is 5. The van der Waals surface area contributed by atoms with Crippen molar-refractivity contribution >= 4 is 42.3 Å². The summed E-state index contributed by atoms with van der Waals surface area (Å²) in [5.41, 5.74) is 6.79. The molecule has 160 valence electrons. The van der Waals surface area contributed by atoms with Gasteiger partial charge in [0.2, 0.25) is 5.91 Å². The van der Waals surface area contributed by atoms with Gasteiger partial charge in [0.05, 0.1) is 12.1 Å². The minimum Gasteiger partial charge on any atom is -0.467 e. The molecule has 2 heterocycles. The van der Waals surface area contributed by atoms with E-state index in [0.717, 1.165) is 5.69 Å². The zero-order valence-electron chi connectivity index (χ0n) is 15.8. The molecule has 1 aliphatic heterocycles. The fourth-order valence-corrected chi connectivity index (χ4v) is 3.02. The van der Waals surface area contributed by atoms with Crippen LogP contribution in [0, 0.1) is 5.82 Å². The van der Waals surface area contributed by atoms with Gasteiger partial charge >= 0.3 is 0 Å². The van der Waals surface area contributed by atoms with Crippen LogP contribution in [0.5, 0.6) is 0 Å². The summed E-state index contributed by atoms with van der Waals surface area (Å²) in [7, 11) is 0. The Morgan fingerprint density at radius 3 is 2.34 bits per heavy atom. The number of benzene rings is 1. The maximum Gasteiger partial charge on any atom is 0.254 e. The Balaban J connectivity index is 0.00000210. The van der Waals surface area contributed by atoms with E-state index in [2.05, 4.69) is 10.2 Å². The zero-order chi connectivity index (χ0) is 19.2. The maximum absolute atomic E-state index is 13.0. The van der Waals surface area contributed by atoms with Crippen molar-refractivity contribution in [3.8, 4) is 0 Å². The minimum absolute atomic E-state index is 0. The van der Waals surface area contributed by atoms with Crippen molar-refractivity contribution in [1.82, 2.24) is 10.2 Å². The third-order valence-electron chi connectivity index (χ3n) is 4.57. The summed E-state index contributed by atoms with van der Waals surface area (Å²) in [4.78, 5) is 28.2. The quantitative estimate of drug-likeness (QED) is 0.709. The molecule has 3 N–H and O–H groups in total. The summed E-state index contributed by atoms with van der Waals surface area (Å²) in [6.45, 7) is 3.09. The summed E-state index contributed by atoms with van der Waals surface area (Å²) in [6.07, 6.45) is 1.60. The SMILES string of the molecule is Cl.Cl.NCc1cc(C(=O)NCCC(=O)N2CCN(c3ccc(F)cc3)CC2)co1. The van der Waals surface area contributed by atoms with E-state index < -0.39 is 0 Å². The van der Waals surface area contributed by atoms with Gasteiger partial charge in [0.1, 0.15) is 17.8 Å². The molecule has 0 aliphatic carbocycles. The molecule has 10 heteroatoms. The molecule has 2 aromatic rings. The zero-order valence-corrected chi connectivity index (χ0v) is 17.4. The highest BCUT2D eigenvalue weighted by atomic mass is 35.5. The van der Waals surface area contributed by atoms with Crippen LogP contribution < -0.4 is 16.0 Å². The van der Waals surface area contributed by atoms with E-state index in [1.165, 1.54) is 18.4 Å². The van der Waals surface area contributed by atoms with Gasteiger partial charge in [0.15, 0.2) is 0 Å². The molecule has 0 unspecified atom stereocenters. The third-order valence-corrected chi connectivity index (χ3v) is 4.57. The van der Waals surface area contributed by atoms with Gasteiger partial charge in [-0.25, -0.2) is 4.39 Å². The van der Waals surface area contributed by atoms with E-state index in [-0.39, 0.29) is 62.0 Å². The van der Waals surface area contributed by atoms with E-state index in [1.54, 1.807) is 23.1 Å². The molecule has 1 aromatic heterocycles. The number of carbonyl (C=O) groups excluding carboxylic acids is 2. The van der Waals surface area contributed by atoms with Crippen molar-refractivity contribution in [2.24, 2.45) is 5.73 Å². The second-order valence-electron chi connectivity index (χ2n) is 6.36. The second kappa shape index (κ2) is 11.6. The second-order valence-corrected chi connectivity index (χ2v) is 6.36. The van der Waals surface area contributed by atoms with Crippen LogP contribution in [0.25, 0.3) is 0 Å². The fraction of sp³-hybridized carbons (Fsp3) is 0.368. The monoisotopic (exact) mass is 446 g/mol. The average Bonchev–Trinajstić information content (AvgIpc) is 3.18. The van der Waals surface area contributed by atoms with Gasteiger partial charge in [0.25, 0.3) is 5.91 Å². The van der Waals surface area contributed by atoms with E-state index in [9.17, 15) is 14.0 Å². The number of anilines is 1. The lowest BCUT2D eigenvalue weighted by Crippen LogP contribution is -2.49. The Morgan fingerprint density at radius 1 is 1.10 bits per heavy atom. The Labute approximate surface area is 181 Å². The molecule has 7 nitrogen and oxygen atoms in total. The van der Waals surface area contributed by atoms with E-state index in [0.29, 0.717) is 37.5 Å². The van der Waals surface area contributed by atoms with Gasteiger partial charge in [-0.1, -0.05) is 0 Å². The van der Waals surface area contributed by atoms with Crippen LogP contribution in [0.15, 0.2) is 41.0 Å². The predicted octanol–water partition coefficient (Wildman–Crippen LogP) is 2.19.